The van der Waals surface area contributed by atoms with Crippen molar-refractivity contribution in [3.8, 4) is 11.3 Å². The molecule has 0 atom stereocenters. The number of non-ortho nitro benzene ring substituents is 1. The van der Waals surface area contributed by atoms with Gasteiger partial charge in [0.1, 0.15) is 6.61 Å². The van der Waals surface area contributed by atoms with Crippen LogP contribution in [0.3, 0.4) is 0 Å². The number of rotatable bonds is 8. The van der Waals surface area contributed by atoms with Gasteiger partial charge in [0.15, 0.2) is 5.13 Å². The number of nitrogens with zero attached hydrogens (tertiary/aromatic N) is 2. The Hall–Kier alpha value is -3.59. The summed E-state index contributed by atoms with van der Waals surface area (Å²) >= 11 is 1.31. The molecule has 1 N–H and O–H groups in total. The molecule has 0 aliphatic heterocycles. The molecule has 1 heterocycles. The van der Waals surface area contributed by atoms with E-state index in [0.717, 1.165) is 16.8 Å². The Balaban J connectivity index is 1.44. The molecular formula is C21H19N3O5S. The number of ether oxygens (including phenoxy) is 1. The van der Waals surface area contributed by atoms with Gasteiger partial charge in [-0.05, 0) is 12.5 Å². The number of nitrogens with one attached hydrogen (secondary N) is 1. The lowest BCUT2D eigenvalue weighted by Crippen LogP contribution is -2.14. The molecule has 0 unspecified atom stereocenters. The minimum absolute atomic E-state index is 0.0484. The van der Waals surface area contributed by atoms with Crippen LogP contribution in [0.2, 0.25) is 0 Å². The topological polar surface area (TPSA) is 111 Å². The third kappa shape index (κ3) is 5.95. The zero-order valence-electron chi connectivity index (χ0n) is 16.2. The van der Waals surface area contributed by atoms with Crippen molar-refractivity contribution in [2.45, 2.75) is 26.4 Å². The van der Waals surface area contributed by atoms with Crippen molar-refractivity contribution in [1.82, 2.24) is 4.98 Å². The molecule has 0 radical (unpaired) electrons. The van der Waals surface area contributed by atoms with Crippen molar-refractivity contribution >= 4 is 34.0 Å². The maximum atomic E-state index is 12.1. The summed E-state index contributed by atoms with van der Waals surface area (Å²) in [5, 5.41) is 15.8. The standard InChI is InChI=1S/C21H19N3O5S/c1-14-5-7-16(8-6-14)18-13-30-21(22-18)23-19(25)9-10-20(26)29-12-15-3-2-4-17(11-15)24(27)28/h2-8,11,13H,9-10,12H2,1H3,(H,22,23,25). The number of hydrogen-bond donors (Lipinski definition) is 1. The lowest BCUT2D eigenvalue weighted by Gasteiger charge is -2.05. The maximum Gasteiger partial charge on any atom is 0.306 e. The molecule has 3 aromatic rings. The van der Waals surface area contributed by atoms with Crippen LogP contribution in [0.25, 0.3) is 11.3 Å². The fourth-order valence-electron chi connectivity index (χ4n) is 2.58. The fraction of sp³-hybridized carbons (Fsp3) is 0.190. The predicted molar refractivity (Wildman–Crippen MR) is 113 cm³/mol. The van der Waals surface area contributed by atoms with Crippen LogP contribution in [0.15, 0.2) is 53.9 Å². The lowest BCUT2D eigenvalue weighted by molar-refractivity contribution is -0.384. The first-order chi connectivity index (χ1) is 14.4. The highest BCUT2D eigenvalue weighted by Crippen LogP contribution is 2.25. The molecule has 9 heteroatoms. The molecule has 0 saturated carbocycles. The number of aromatic nitrogens is 1. The van der Waals surface area contributed by atoms with Gasteiger partial charge in [0, 0.05) is 29.5 Å². The third-order valence-corrected chi connectivity index (χ3v) is 4.93. The van der Waals surface area contributed by atoms with Gasteiger partial charge in [-0.1, -0.05) is 42.0 Å². The van der Waals surface area contributed by atoms with E-state index in [1.807, 2.05) is 36.6 Å². The Morgan fingerprint density at radius 3 is 2.67 bits per heavy atom. The average Bonchev–Trinajstić information content (AvgIpc) is 3.19. The van der Waals surface area contributed by atoms with Gasteiger partial charge in [-0.3, -0.25) is 19.7 Å². The van der Waals surface area contributed by atoms with E-state index in [1.54, 1.807) is 6.07 Å². The summed E-state index contributed by atoms with van der Waals surface area (Å²) in [7, 11) is 0. The van der Waals surface area contributed by atoms with Crippen molar-refractivity contribution in [3.63, 3.8) is 0 Å². The van der Waals surface area contributed by atoms with Crippen LogP contribution in [0.5, 0.6) is 0 Å². The molecule has 30 heavy (non-hydrogen) atoms. The van der Waals surface area contributed by atoms with E-state index in [2.05, 4.69) is 10.3 Å². The smallest absolute Gasteiger partial charge is 0.306 e. The van der Waals surface area contributed by atoms with Crippen LogP contribution in [0.1, 0.15) is 24.0 Å². The molecule has 3 rings (SSSR count). The van der Waals surface area contributed by atoms with Crippen LogP contribution in [-0.2, 0) is 20.9 Å². The van der Waals surface area contributed by atoms with E-state index < -0.39 is 10.9 Å². The Bertz CT molecular complexity index is 1060. The molecule has 1 aromatic heterocycles. The van der Waals surface area contributed by atoms with Gasteiger partial charge in [-0.25, -0.2) is 4.98 Å². The van der Waals surface area contributed by atoms with Crippen LogP contribution < -0.4 is 5.32 Å². The fourth-order valence-corrected chi connectivity index (χ4v) is 3.32. The first-order valence-corrected chi connectivity index (χ1v) is 10.00. The highest BCUT2D eigenvalue weighted by Gasteiger charge is 2.12. The van der Waals surface area contributed by atoms with Gasteiger partial charge in [-0.15, -0.1) is 11.3 Å². The summed E-state index contributed by atoms with van der Waals surface area (Å²) in [4.78, 5) is 38.6. The Morgan fingerprint density at radius 2 is 1.93 bits per heavy atom. The quantitative estimate of drug-likeness (QED) is 0.323. The monoisotopic (exact) mass is 425 g/mol. The largest absolute Gasteiger partial charge is 0.461 e. The second kappa shape index (κ2) is 9.75. The number of anilines is 1. The van der Waals surface area contributed by atoms with Gasteiger partial charge in [0.05, 0.1) is 17.0 Å². The van der Waals surface area contributed by atoms with Crippen molar-refractivity contribution in [3.05, 3.63) is 75.2 Å². The van der Waals surface area contributed by atoms with Crippen LogP contribution in [0, 0.1) is 17.0 Å². The number of nitro benzene ring substituents is 1. The number of amides is 1. The summed E-state index contributed by atoms with van der Waals surface area (Å²) < 4.78 is 5.08. The average molecular weight is 425 g/mol. The molecule has 1 amide bonds. The molecule has 0 saturated heterocycles. The van der Waals surface area contributed by atoms with Crippen LogP contribution >= 0.6 is 11.3 Å². The van der Waals surface area contributed by atoms with E-state index in [-0.39, 0.29) is 31.0 Å². The molecule has 0 fully saturated rings. The molecule has 0 spiro atoms. The molecule has 154 valence electrons. The molecule has 0 aliphatic carbocycles. The van der Waals surface area contributed by atoms with E-state index in [1.165, 1.54) is 29.5 Å². The molecule has 2 aromatic carbocycles. The number of carbonyl (C=O) groups is 2. The molecule has 0 bridgehead atoms. The number of aryl methyl sites for hydroxylation is 1. The summed E-state index contributed by atoms with van der Waals surface area (Å²) in [5.74, 6) is -0.900. The highest BCUT2D eigenvalue weighted by atomic mass is 32.1. The predicted octanol–water partition coefficient (Wildman–Crippen LogP) is 4.49. The van der Waals surface area contributed by atoms with Crippen molar-refractivity contribution in [1.29, 1.82) is 0 Å². The van der Waals surface area contributed by atoms with Crippen molar-refractivity contribution in [2.75, 3.05) is 5.32 Å². The van der Waals surface area contributed by atoms with E-state index in [0.29, 0.717) is 10.7 Å². The first kappa shape index (κ1) is 21.1. The van der Waals surface area contributed by atoms with Crippen LogP contribution in [0.4, 0.5) is 10.8 Å². The van der Waals surface area contributed by atoms with Crippen molar-refractivity contribution in [2.24, 2.45) is 0 Å². The summed E-state index contributed by atoms with van der Waals surface area (Å²) in [6.45, 7) is 1.92. The first-order valence-electron chi connectivity index (χ1n) is 9.12. The second-order valence-electron chi connectivity index (χ2n) is 6.54. The van der Waals surface area contributed by atoms with E-state index >= 15 is 0 Å². The molecule has 8 nitrogen and oxygen atoms in total. The SMILES string of the molecule is Cc1ccc(-c2csc(NC(=O)CCC(=O)OCc3cccc([N+](=O)[O-])c3)n2)cc1. The highest BCUT2D eigenvalue weighted by molar-refractivity contribution is 7.14. The maximum absolute atomic E-state index is 12.1. The number of carbonyl (C=O) groups excluding carboxylic acids is 2. The minimum atomic E-state index is -0.559. The summed E-state index contributed by atoms with van der Waals surface area (Å²) in [6, 6.07) is 13.8. The summed E-state index contributed by atoms with van der Waals surface area (Å²) in [6.07, 6.45) is -0.149. The van der Waals surface area contributed by atoms with Gasteiger partial charge in [0.25, 0.3) is 5.69 Å². The Morgan fingerprint density at radius 1 is 1.17 bits per heavy atom. The molecular weight excluding hydrogens is 406 g/mol. The Labute approximate surface area is 176 Å². The number of hydrogen-bond acceptors (Lipinski definition) is 7. The third-order valence-electron chi connectivity index (χ3n) is 4.18. The number of benzene rings is 2. The zero-order valence-corrected chi connectivity index (χ0v) is 17.0. The van der Waals surface area contributed by atoms with Gasteiger partial charge in [0.2, 0.25) is 5.91 Å². The van der Waals surface area contributed by atoms with Gasteiger partial charge in [-0.2, -0.15) is 0 Å². The van der Waals surface area contributed by atoms with Crippen LogP contribution in [-0.4, -0.2) is 21.8 Å². The minimum Gasteiger partial charge on any atom is -0.461 e. The lowest BCUT2D eigenvalue weighted by atomic mass is 10.1. The van der Waals surface area contributed by atoms with Gasteiger partial charge < -0.3 is 10.1 Å². The number of thiazole rings is 1. The van der Waals surface area contributed by atoms with E-state index in [4.69, 9.17) is 4.74 Å². The van der Waals surface area contributed by atoms with Crippen molar-refractivity contribution < 1.29 is 19.2 Å². The zero-order chi connectivity index (χ0) is 21.5. The molecule has 0 aliphatic rings. The number of nitro groups is 1. The van der Waals surface area contributed by atoms with E-state index in [9.17, 15) is 19.7 Å². The Kier molecular flexibility index (Phi) is 6.87. The summed E-state index contributed by atoms with van der Waals surface area (Å²) in [5.41, 5.74) is 3.32. The normalized spacial score (nSPS) is 10.4. The second-order valence-corrected chi connectivity index (χ2v) is 7.40. The van der Waals surface area contributed by atoms with Gasteiger partial charge >= 0.3 is 5.97 Å². The number of esters is 1.